The predicted molar refractivity (Wildman–Crippen MR) is 123 cm³/mol. The van der Waals surface area contributed by atoms with Gasteiger partial charge in [-0.15, -0.1) is 11.3 Å². The summed E-state index contributed by atoms with van der Waals surface area (Å²) in [4.78, 5) is 14.9. The van der Waals surface area contributed by atoms with Gasteiger partial charge < -0.3 is 10.2 Å². The molecule has 0 radical (unpaired) electrons. The average molecular weight is 476 g/mol. The van der Waals surface area contributed by atoms with E-state index in [0.717, 1.165) is 43.7 Å². The summed E-state index contributed by atoms with van der Waals surface area (Å²) < 4.78 is 27.6. The van der Waals surface area contributed by atoms with Crippen molar-refractivity contribution < 1.29 is 13.2 Å². The number of nitrogens with one attached hydrogen (secondary N) is 1. The number of hydrogen-bond donors (Lipinski definition) is 1. The SMILES string of the molecule is CCC1CCCCN1CCCNC(=O)CC1CCN(S(=O)(=O)c2ccc(Cl)s2)CC1. The highest BCUT2D eigenvalue weighted by atomic mass is 35.5. The fourth-order valence-corrected chi connectivity index (χ4v) is 7.69. The number of carbonyl (C=O) groups is 1. The van der Waals surface area contributed by atoms with E-state index >= 15 is 0 Å². The fraction of sp³-hybridized carbons (Fsp3) is 0.762. The molecular weight excluding hydrogens is 442 g/mol. The monoisotopic (exact) mass is 475 g/mol. The van der Waals surface area contributed by atoms with Crippen molar-refractivity contribution in [2.45, 2.75) is 68.5 Å². The second kappa shape index (κ2) is 11.3. The van der Waals surface area contributed by atoms with E-state index in [9.17, 15) is 13.2 Å². The van der Waals surface area contributed by atoms with Crippen LogP contribution in [0, 0.1) is 5.92 Å². The second-order valence-electron chi connectivity index (χ2n) is 8.41. The van der Waals surface area contributed by atoms with Crippen LogP contribution in [0.3, 0.4) is 0 Å². The third-order valence-corrected chi connectivity index (χ3v) is 9.95. The van der Waals surface area contributed by atoms with Gasteiger partial charge in [0, 0.05) is 38.6 Å². The van der Waals surface area contributed by atoms with Crippen LogP contribution in [-0.4, -0.2) is 62.3 Å². The highest BCUT2D eigenvalue weighted by molar-refractivity contribution is 7.91. The van der Waals surface area contributed by atoms with Crippen LogP contribution in [0.4, 0.5) is 0 Å². The lowest BCUT2D eigenvalue weighted by Crippen LogP contribution is -2.41. The lowest BCUT2D eigenvalue weighted by molar-refractivity contribution is -0.122. The van der Waals surface area contributed by atoms with E-state index in [1.54, 1.807) is 12.1 Å². The molecule has 3 heterocycles. The molecule has 1 N–H and O–H groups in total. The maximum atomic E-state index is 12.7. The Morgan fingerprint density at radius 3 is 2.63 bits per heavy atom. The zero-order chi connectivity index (χ0) is 21.6. The Balaban J connectivity index is 1.34. The number of piperidine rings is 2. The van der Waals surface area contributed by atoms with Gasteiger partial charge in [-0.3, -0.25) is 4.79 Å². The zero-order valence-electron chi connectivity index (χ0n) is 17.8. The summed E-state index contributed by atoms with van der Waals surface area (Å²) in [5.74, 6) is 0.335. The number of hydrogen-bond acceptors (Lipinski definition) is 5. The number of amides is 1. The standard InChI is InChI=1S/C21H34ClN3O3S2/c1-2-18-6-3-4-12-24(18)13-5-11-23-20(26)16-17-9-14-25(15-10-17)30(27,28)21-8-7-19(22)29-21/h7-8,17-18H,2-6,9-16H2,1H3,(H,23,26). The molecule has 2 fully saturated rings. The van der Waals surface area contributed by atoms with Gasteiger partial charge in [-0.1, -0.05) is 24.9 Å². The lowest BCUT2D eigenvalue weighted by atomic mass is 9.94. The third-order valence-electron chi connectivity index (χ3n) is 6.35. The normalized spacial score (nSPS) is 22.3. The van der Waals surface area contributed by atoms with Crippen molar-refractivity contribution in [2.24, 2.45) is 5.92 Å². The Morgan fingerprint density at radius 2 is 1.97 bits per heavy atom. The summed E-state index contributed by atoms with van der Waals surface area (Å²) in [7, 11) is -3.47. The molecule has 30 heavy (non-hydrogen) atoms. The van der Waals surface area contributed by atoms with Crippen molar-refractivity contribution in [1.82, 2.24) is 14.5 Å². The lowest BCUT2D eigenvalue weighted by Gasteiger charge is -2.35. The topological polar surface area (TPSA) is 69.7 Å². The maximum absolute atomic E-state index is 12.7. The molecule has 3 rings (SSSR count). The van der Waals surface area contributed by atoms with E-state index in [1.807, 2.05) is 0 Å². The van der Waals surface area contributed by atoms with E-state index in [4.69, 9.17) is 11.6 Å². The number of nitrogens with zero attached hydrogens (tertiary/aromatic N) is 2. The second-order valence-corrected chi connectivity index (χ2v) is 12.3. The predicted octanol–water partition coefficient (Wildman–Crippen LogP) is 3.96. The van der Waals surface area contributed by atoms with Crippen LogP contribution in [0.2, 0.25) is 4.34 Å². The molecule has 9 heteroatoms. The van der Waals surface area contributed by atoms with Gasteiger partial charge in [0.05, 0.1) is 4.34 Å². The summed E-state index contributed by atoms with van der Waals surface area (Å²) in [5.41, 5.74) is 0. The molecule has 0 aliphatic carbocycles. The smallest absolute Gasteiger partial charge is 0.252 e. The minimum atomic E-state index is -3.47. The van der Waals surface area contributed by atoms with Crippen LogP contribution < -0.4 is 5.32 Å². The van der Waals surface area contributed by atoms with Crippen molar-refractivity contribution in [3.8, 4) is 0 Å². The van der Waals surface area contributed by atoms with E-state index in [0.29, 0.717) is 34.1 Å². The van der Waals surface area contributed by atoms with Gasteiger partial charge in [0.2, 0.25) is 5.91 Å². The molecular formula is C21H34ClN3O3S2. The highest BCUT2D eigenvalue weighted by Crippen LogP contribution is 2.31. The van der Waals surface area contributed by atoms with Gasteiger partial charge >= 0.3 is 0 Å². The molecule has 1 aromatic rings. The largest absolute Gasteiger partial charge is 0.356 e. The fourth-order valence-electron chi connectivity index (χ4n) is 4.58. The Labute approximate surface area is 190 Å². The van der Waals surface area contributed by atoms with Crippen molar-refractivity contribution in [3.63, 3.8) is 0 Å². The van der Waals surface area contributed by atoms with E-state index in [-0.39, 0.29) is 11.8 Å². The molecule has 0 spiro atoms. The van der Waals surface area contributed by atoms with Crippen molar-refractivity contribution in [2.75, 3.05) is 32.7 Å². The highest BCUT2D eigenvalue weighted by Gasteiger charge is 2.31. The first-order valence-corrected chi connectivity index (χ1v) is 13.8. The Kier molecular flexibility index (Phi) is 9.01. The molecule has 0 aromatic carbocycles. The van der Waals surface area contributed by atoms with Crippen molar-refractivity contribution in [1.29, 1.82) is 0 Å². The van der Waals surface area contributed by atoms with Crippen LogP contribution >= 0.6 is 22.9 Å². The van der Waals surface area contributed by atoms with E-state index in [1.165, 1.54) is 36.5 Å². The summed E-state index contributed by atoms with van der Waals surface area (Å²) >= 11 is 6.98. The molecule has 6 nitrogen and oxygen atoms in total. The molecule has 1 aromatic heterocycles. The molecule has 2 aliphatic rings. The first-order valence-electron chi connectivity index (χ1n) is 11.2. The van der Waals surface area contributed by atoms with E-state index < -0.39 is 10.0 Å². The molecule has 1 amide bonds. The van der Waals surface area contributed by atoms with Gasteiger partial charge in [0.25, 0.3) is 10.0 Å². The minimum absolute atomic E-state index is 0.0898. The van der Waals surface area contributed by atoms with Crippen molar-refractivity contribution in [3.05, 3.63) is 16.5 Å². The van der Waals surface area contributed by atoms with Gasteiger partial charge in [-0.05, 0) is 63.1 Å². The maximum Gasteiger partial charge on any atom is 0.252 e. The van der Waals surface area contributed by atoms with Crippen molar-refractivity contribution >= 4 is 38.9 Å². The number of halogens is 1. The van der Waals surface area contributed by atoms with Crippen LogP contribution in [0.15, 0.2) is 16.3 Å². The molecule has 1 unspecified atom stereocenters. The van der Waals surface area contributed by atoms with E-state index in [2.05, 4.69) is 17.1 Å². The molecule has 0 saturated carbocycles. The minimum Gasteiger partial charge on any atom is -0.356 e. The Morgan fingerprint density at radius 1 is 1.20 bits per heavy atom. The third kappa shape index (κ3) is 6.42. The summed E-state index contributed by atoms with van der Waals surface area (Å²) in [6.45, 7) is 6.15. The number of likely N-dealkylation sites (tertiary alicyclic amines) is 1. The first-order chi connectivity index (χ1) is 14.4. The van der Waals surface area contributed by atoms with Crippen LogP contribution in [0.1, 0.15) is 58.3 Å². The number of rotatable bonds is 9. The molecule has 2 saturated heterocycles. The number of carbonyl (C=O) groups excluding carboxylic acids is 1. The van der Waals surface area contributed by atoms with Gasteiger partial charge in [0.1, 0.15) is 4.21 Å². The number of sulfonamides is 1. The summed E-state index contributed by atoms with van der Waals surface area (Å²) in [6.07, 6.45) is 8.05. The van der Waals surface area contributed by atoms with Gasteiger partial charge in [-0.2, -0.15) is 4.31 Å². The Hall–Kier alpha value is -0.670. The van der Waals surface area contributed by atoms with Crippen LogP contribution in [-0.2, 0) is 14.8 Å². The molecule has 170 valence electrons. The number of thiophene rings is 1. The summed E-state index contributed by atoms with van der Waals surface area (Å²) in [5, 5.41) is 3.06. The molecule has 2 aliphatic heterocycles. The van der Waals surface area contributed by atoms with Crippen LogP contribution in [0.25, 0.3) is 0 Å². The average Bonchev–Trinajstić information content (AvgIpc) is 3.19. The quantitative estimate of drug-likeness (QED) is 0.549. The van der Waals surface area contributed by atoms with Gasteiger partial charge in [0.15, 0.2) is 0 Å². The zero-order valence-corrected chi connectivity index (χ0v) is 20.2. The summed E-state index contributed by atoms with van der Waals surface area (Å²) in [6, 6.07) is 3.89. The first kappa shape index (κ1) is 24.0. The molecule has 0 bridgehead atoms. The molecule has 1 atom stereocenters. The van der Waals surface area contributed by atoms with Gasteiger partial charge in [-0.25, -0.2) is 8.42 Å². The Bertz CT molecular complexity index is 791. The van der Waals surface area contributed by atoms with Crippen LogP contribution in [0.5, 0.6) is 0 Å².